The highest BCUT2D eigenvalue weighted by Gasteiger charge is 2.39. The average molecular weight is 296 g/mol. The van der Waals surface area contributed by atoms with Crippen molar-refractivity contribution < 1.29 is 27.9 Å². The first-order valence-electron chi connectivity index (χ1n) is 5.02. The van der Waals surface area contributed by atoms with E-state index in [2.05, 4.69) is 4.98 Å². The lowest BCUT2D eigenvalue weighted by molar-refractivity contribution is -0.147. The van der Waals surface area contributed by atoms with E-state index in [-0.39, 0.29) is 0 Å². The summed E-state index contributed by atoms with van der Waals surface area (Å²) in [5.41, 5.74) is -1.96. The Labute approximate surface area is 110 Å². The lowest BCUT2D eigenvalue weighted by atomic mass is 10.0. The highest BCUT2D eigenvalue weighted by molar-refractivity contribution is 7.09. The molecule has 1 amide bonds. The smallest absolute Gasteiger partial charge is 0.443 e. The Kier molecular flexibility index (Phi) is 3.89. The van der Waals surface area contributed by atoms with Crippen molar-refractivity contribution in [1.29, 1.82) is 0 Å². The Bertz CT molecular complexity index is 510. The van der Waals surface area contributed by atoms with Gasteiger partial charge in [-0.15, -0.1) is 11.3 Å². The number of aliphatic carboxylic acids is 1. The first-order valence-corrected chi connectivity index (χ1v) is 5.90. The van der Waals surface area contributed by atoms with Crippen molar-refractivity contribution >= 4 is 23.2 Å². The number of carboxylic acids is 1. The second-order valence-corrected chi connectivity index (χ2v) is 5.12. The number of nitrogens with zero attached hydrogens (tertiary/aromatic N) is 2. The highest BCUT2D eigenvalue weighted by Crippen LogP contribution is 2.32. The maximum Gasteiger partial charge on any atom is 0.443 e. The van der Waals surface area contributed by atoms with Gasteiger partial charge >= 0.3 is 12.1 Å². The average Bonchev–Trinajstić information content (AvgIpc) is 2.75. The number of aromatic nitrogens is 1. The first kappa shape index (κ1) is 15.4. The predicted octanol–water partition coefficient (Wildman–Crippen LogP) is 2.10. The maximum absolute atomic E-state index is 12.4. The van der Waals surface area contributed by atoms with Gasteiger partial charge in [0, 0.05) is 12.4 Å². The molecule has 0 spiro atoms. The molecule has 1 rings (SSSR count). The van der Waals surface area contributed by atoms with Crippen LogP contribution in [0.4, 0.5) is 13.2 Å². The van der Waals surface area contributed by atoms with E-state index in [1.54, 1.807) is 0 Å². The van der Waals surface area contributed by atoms with Crippen molar-refractivity contribution in [1.82, 2.24) is 9.88 Å². The van der Waals surface area contributed by atoms with Crippen LogP contribution in [0.15, 0.2) is 5.38 Å². The van der Waals surface area contributed by atoms with Crippen molar-refractivity contribution in [3.8, 4) is 0 Å². The fourth-order valence-corrected chi connectivity index (χ4v) is 1.73. The summed E-state index contributed by atoms with van der Waals surface area (Å²) in [4.78, 5) is 26.9. The quantitative estimate of drug-likeness (QED) is 0.927. The lowest BCUT2D eigenvalue weighted by Gasteiger charge is -2.30. The number of carbonyl (C=O) groups is 2. The molecule has 19 heavy (non-hydrogen) atoms. The normalized spacial score (nSPS) is 12.3. The summed E-state index contributed by atoms with van der Waals surface area (Å²) < 4.78 is 37.1. The number of alkyl halides is 3. The monoisotopic (exact) mass is 296 g/mol. The zero-order chi connectivity index (χ0) is 15.0. The van der Waals surface area contributed by atoms with Crippen molar-refractivity contribution in [3.63, 3.8) is 0 Å². The molecule has 1 N–H and O–H groups in total. The van der Waals surface area contributed by atoms with Gasteiger partial charge in [-0.05, 0) is 13.8 Å². The van der Waals surface area contributed by atoms with Crippen molar-refractivity contribution in [2.24, 2.45) is 0 Å². The second-order valence-electron chi connectivity index (χ2n) is 4.26. The summed E-state index contributed by atoms with van der Waals surface area (Å²) in [5, 5.41) is 8.77. The number of rotatable bonds is 3. The molecule has 0 aliphatic rings. The van der Waals surface area contributed by atoms with Gasteiger partial charge in [-0.2, -0.15) is 13.2 Å². The Morgan fingerprint density at radius 1 is 1.37 bits per heavy atom. The summed E-state index contributed by atoms with van der Waals surface area (Å²) in [6.45, 7) is 2.54. The zero-order valence-electron chi connectivity index (χ0n) is 10.3. The molecule has 0 saturated heterocycles. The van der Waals surface area contributed by atoms with Crippen LogP contribution in [0.1, 0.15) is 29.3 Å². The number of amides is 1. The van der Waals surface area contributed by atoms with Crippen LogP contribution in [0.25, 0.3) is 0 Å². The third-order valence-electron chi connectivity index (χ3n) is 2.63. The van der Waals surface area contributed by atoms with Crippen LogP contribution in [0.5, 0.6) is 0 Å². The molecule has 1 heterocycles. The van der Waals surface area contributed by atoms with E-state index in [0.29, 0.717) is 11.3 Å². The highest BCUT2D eigenvalue weighted by atomic mass is 32.1. The minimum Gasteiger partial charge on any atom is -0.480 e. The molecule has 0 bridgehead atoms. The fraction of sp³-hybridized carbons (Fsp3) is 0.500. The maximum atomic E-state index is 12.4. The van der Waals surface area contributed by atoms with Crippen LogP contribution in [-0.2, 0) is 11.0 Å². The van der Waals surface area contributed by atoms with Crippen LogP contribution in [0, 0.1) is 0 Å². The largest absolute Gasteiger partial charge is 0.480 e. The minimum atomic E-state index is -4.62. The number of carbonyl (C=O) groups excluding carboxylic acids is 1. The van der Waals surface area contributed by atoms with E-state index >= 15 is 0 Å². The molecule has 1 aromatic heterocycles. The van der Waals surface area contributed by atoms with Crippen LogP contribution in [-0.4, -0.2) is 39.5 Å². The van der Waals surface area contributed by atoms with Crippen molar-refractivity contribution in [2.45, 2.75) is 25.6 Å². The van der Waals surface area contributed by atoms with E-state index in [1.807, 2.05) is 0 Å². The third kappa shape index (κ3) is 3.03. The van der Waals surface area contributed by atoms with E-state index < -0.39 is 34.3 Å². The Hall–Kier alpha value is -1.64. The van der Waals surface area contributed by atoms with Gasteiger partial charge in [0.1, 0.15) is 11.2 Å². The molecule has 9 heteroatoms. The molecule has 5 nitrogen and oxygen atoms in total. The number of hydrogen-bond donors (Lipinski definition) is 1. The summed E-state index contributed by atoms with van der Waals surface area (Å²) in [7, 11) is 1.20. The molecule has 0 unspecified atom stereocenters. The molecule has 0 aliphatic heterocycles. The molecule has 0 atom stereocenters. The molecular weight excluding hydrogens is 285 g/mol. The fourth-order valence-electron chi connectivity index (χ4n) is 1.07. The summed E-state index contributed by atoms with van der Waals surface area (Å²) in [6, 6.07) is 0. The Balaban J connectivity index is 3.02. The molecular formula is C10H11F3N2O3S. The molecule has 0 fully saturated rings. The van der Waals surface area contributed by atoms with Gasteiger partial charge in [-0.1, -0.05) is 0 Å². The van der Waals surface area contributed by atoms with Crippen molar-refractivity contribution in [2.75, 3.05) is 7.05 Å². The van der Waals surface area contributed by atoms with Gasteiger partial charge in [-0.25, -0.2) is 9.78 Å². The van der Waals surface area contributed by atoms with Gasteiger partial charge in [0.25, 0.3) is 5.91 Å². The topological polar surface area (TPSA) is 70.5 Å². The second kappa shape index (κ2) is 4.80. The summed E-state index contributed by atoms with van der Waals surface area (Å²) in [5.74, 6) is -2.14. The van der Waals surface area contributed by atoms with Gasteiger partial charge in [-0.3, -0.25) is 4.79 Å². The predicted molar refractivity (Wildman–Crippen MR) is 60.9 cm³/mol. The number of carboxylic acid groups (broad SMARTS) is 1. The third-order valence-corrected chi connectivity index (χ3v) is 3.52. The Morgan fingerprint density at radius 3 is 2.26 bits per heavy atom. The van der Waals surface area contributed by atoms with Crippen LogP contribution < -0.4 is 0 Å². The van der Waals surface area contributed by atoms with Gasteiger partial charge in [0.05, 0.1) is 0 Å². The Morgan fingerprint density at radius 2 is 1.89 bits per heavy atom. The van der Waals surface area contributed by atoms with Crippen molar-refractivity contribution in [3.05, 3.63) is 16.1 Å². The standard InChI is InChI=1S/C10H11F3N2O3S/c1-9(2,8(17)18)15(3)6(16)5-4-19-7(14-5)10(11,12)13/h4H,1-3H3,(H,17,18). The number of halogens is 3. The molecule has 1 aromatic rings. The van der Waals surface area contributed by atoms with Gasteiger partial charge in [0.2, 0.25) is 0 Å². The molecule has 0 aromatic carbocycles. The molecule has 0 saturated carbocycles. The molecule has 106 valence electrons. The van der Waals surface area contributed by atoms with E-state index in [4.69, 9.17) is 5.11 Å². The van der Waals surface area contributed by atoms with Crippen LogP contribution >= 0.6 is 11.3 Å². The van der Waals surface area contributed by atoms with E-state index in [9.17, 15) is 22.8 Å². The van der Waals surface area contributed by atoms with Gasteiger partial charge < -0.3 is 10.0 Å². The van der Waals surface area contributed by atoms with E-state index in [1.165, 1.54) is 20.9 Å². The summed E-state index contributed by atoms with van der Waals surface area (Å²) in [6.07, 6.45) is -4.62. The first-order chi connectivity index (χ1) is 8.48. The SMILES string of the molecule is CN(C(=O)c1csc(C(F)(F)F)n1)C(C)(C)C(=O)O. The molecule has 0 aliphatic carbocycles. The van der Waals surface area contributed by atoms with Gasteiger partial charge in [0.15, 0.2) is 5.01 Å². The number of thiazole rings is 1. The van der Waals surface area contributed by atoms with Crippen LogP contribution in [0.2, 0.25) is 0 Å². The minimum absolute atomic E-state index is 0.290. The summed E-state index contributed by atoms with van der Waals surface area (Å²) >= 11 is 0.290. The number of hydrogen-bond acceptors (Lipinski definition) is 4. The lowest BCUT2D eigenvalue weighted by Crippen LogP contribution is -2.50. The van der Waals surface area contributed by atoms with Crippen LogP contribution in [0.3, 0.4) is 0 Å². The zero-order valence-corrected chi connectivity index (χ0v) is 11.1. The van der Waals surface area contributed by atoms with E-state index in [0.717, 1.165) is 10.3 Å². The number of likely N-dealkylation sites (N-methyl/N-ethyl adjacent to an activating group) is 1. The molecule has 0 radical (unpaired) electrons.